The Morgan fingerprint density at radius 1 is 1.42 bits per heavy atom. The van der Waals surface area contributed by atoms with Crippen LogP contribution in [-0.4, -0.2) is 22.6 Å². The lowest BCUT2D eigenvalue weighted by Gasteiger charge is -2.19. The summed E-state index contributed by atoms with van der Waals surface area (Å²) in [5.41, 5.74) is 2.43. The fourth-order valence-corrected chi connectivity index (χ4v) is 3.02. The lowest BCUT2D eigenvalue weighted by Crippen LogP contribution is -2.31. The van der Waals surface area contributed by atoms with Crippen LogP contribution < -0.4 is 10.6 Å². The Morgan fingerprint density at radius 2 is 2.25 bits per heavy atom. The molecule has 0 saturated heterocycles. The zero-order valence-electron chi connectivity index (χ0n) is 13.5. The Bertz CT molecular complexity index is 744. The minimum absolute atomic E-state index is 0.286. The van der Waals surface area contributed by atoms with Gasteiger partial charge in [-0.25, -0.2) is 8.78 Å². The third kappa shape index (κ3) is 3.31. The number of hydrogen-bond donors (Lipinski definition) is 3. The maximum Gasteiger partial charge on any atom is 0.272 e. The summed E-state index contributed by atoms with van der Waals surface area (Å²) < 4.78 is 27.2. The van der Waals surface area contributed by atoms with E-state index in [1.54, 1.807) is 0 Å². The molecule has 2 aromatic rings. The number of amides is 1. The molecule has 1 atom stereocenters. The minimum Gasteiger partial charge on any atom is -0.344 e. The highest BCUT2D eigenvalue weighted by atomic mass is 19.1. The molecular formula is C17H20F2N4O. The van der Waals surface area contributed by atoms with Crippen LogP contribution in [0.25, 0.3) is 0 Å². The SMILES string of the molecule is CCCC(NC(=O)c1n[nH]c2c1CNCC2)c1ccc(F)cc1F. The summed E-state index contributed by atoms with van der Waals surface area (Å²) >= 11 is 0. The molecule has 1 aliphatic rings. The number of nitrogens with zero attached hydrogens (tertiary/aromatic N) is 1. The number of carbonyl (C=O) groups excluding carboxylic acids is 1. The van der Waals surface area contributed by atoms with Crippen LogP contribution in [0.15, 0.2) is 18.2 Å². The molecule has 7 heteroatoms. The number of H-pyrrole nitrogens is 1. The van der Waals surface area contributed by atoms with Gasteiger partial charge in [0.25, 0.3) is 5.91 Å². The summed E-state index contributed by atoms with van der Waals surface area (Å²) in [6.07, 6.45) is 2.10. The molecule has 0 radical (unpaired) electrons. The predicted octanol–water partition coefficient (Wildman–Crippen LogP) is 2.60. The van der Waals surface area contributed by atoms with Crippen molar-refractivity contribution in [2.24, 2.45) is 0 Å². The first-order valence-corrected chi connectivity index (χ1v) is 8.12. The molecule has 1 aliphatic heterocycles. The average Bonchev–Trinajstić information content (AvgIpc) is 2.98. The van der Waals surface area contributed by atoms with E-state index in [0.29, 0.717) is 18.7 Å². The Hall–Kier alpha value is -2.28. The van der Waals surface area contributed by atoms with Crippen molar-refractivity contribution in [1.29, 1.82) is 0 Å². The Morgan fingerprint density at radius 3 is 3.00 bits per heavy atom. The molecular weight excluding hydrogens is 314 g/mol. The van der Waals surface area contributed by atoms with Gasteiger partial charge in [-0.15, -0.1) is 0 Å². The monoisotopic (exact) mass is 334 g/mol. The lowest BCUT2D eigenvalue weighted by molar-refractivity contribution is 0.0927. The van der Waals surface area contributed by atoms with Crippen molar-refractivity contribution in [1.82, 2.24) is 20.8 Å². The maximum absolute atomic E-state index is 14.1. The van der Waals surface area contributed by atoms with Crippen molar-refractivity contribution in [3.8, 4) is 0 Å². The average molecular weight is 334 g/mol. The van der Waals surface area contributed by atoms with Gasteiger partial charge in [-0.05, 0) is 12.5 Å². The number of halogens is 2. The molecule has 1 unspecified atom stereocenters. The van der Waals surface area contributed by atoms with E-state index < -0.39 is 17.7 Å². The number of hydrogen-bond acceptors (Lipinski definition) is 3. The normalized spacial score (nSPS) is 15.0. The predicted molar refractivity (Wildman–Crippen MR) is 85.5 cm³/mol. The Labute approximate surface area is 138 Å². The second kappa shape index (κ2) is 7.09. The van der Waals surface area contributed by atoms with Crippen molar-refractivity contribution < 1.29 is 13.6 Å². The van der Waals surface area contributed by atoms with E-state index in [4.69, 9.17) is 0 Å². The van der Waals surface area contributed by atoms with Crippen LogP contribution in [0.1, 0.15) is 53.1 Å². The molecule has 128 valence electrons. The van der Waals surface area contributed by atoms with E-state index >= 15 is 0 Å². The fourth-order valence-electron chi connectivity index (χ4n) is 3.02. The molecule has 1 aromatic heterocycles. The Kier molecular flexibility index (Phi) is 4.89. The van der Waals surface area contributed by atoms with Gasteiger partial charge in [0.1, 0.15) is 11.6 Å². The smallest absolute Gasteiger partial charge is 0.272 e. The van der Waals surface area contributed by atoms with Gasteiger partial charge in [-0.3, -0.25) is 9.89 Å². The summed E-state index contributed by atoms with van der Waals surface area (Å²) in [5, 5.41) is 13.0. The van der Waals surface area contributed by atoms with Crippen molar-refractivity contribution >= 4 is 5.91 Å². The molecule has 2 heterocycles. The first kappa shape index (κ1) is 16.6. The summed E-state index contributed by atoms with van der Waals surface area (Å²) in [6.45, 7) is 3.37. The van der Waals surface area contributed by atoms with Gasteiger partial charge in [-0.1, -0.05) is 19.4 Å². The molecule has 0 aliphatic carbocycles. The van der Waals surface area contributed by atoms with Gasteiger partial charge in [0.2, 0.25) is 0 Å². The molecule has 1 aromatic carbocycles. The van der Waals surface area contributed by atoms with Crippen LogP contribution >= 0.6 is 0 Å². The summed E-state index contributed by atoms with van der Waals surface area (Å²) in [5.74, 6) is -1.64. The topological polar surface area (TPSA) is 69.8 Å². The quantitative estimate of drug-likeness (QED) is 0.787. The minimum atomic E-state index is -0.653. The summed E-state index contributed by atoms with van der Waals surface area (Å²) in [7, 11) is 0. The highest BCUT2D eigenvalue weighted by Crippen LogP contribution is 2.24. The van der Waals surface area contributed by atoms with Crippen LogP contribution in [0.2, 0.25) is 0 Å². The molecule has 0 saturated carbocycles. The highest BCUT2D eigenvalue weighted by molar-refractivity contribution is 5.94. The molecule has 0 spiro atoms. The molecule has 1 amide bonds. The van der Waals surface area contributed by atoms with Gasteiger partial charge in [-0.2, -0.15) is 5.10 Å². The van der Waals surface area contributed by atoms with E-state index in [9.17, 15) is 13.6 Å². The maximum atomic E-state index is 14.1. The number of aromatic nitrogens is 2. The van der Waals surface area contributed by atoms with Gasteiger partial charge in [0, 0.05) is 42.4 Å². The van der Waals surface area contributed by atoms with E-state index in [0.717, 1.165) is 36.7 Å². The van der Waals surface area contributed by atoms with Gasteiger partial charge < -0.3 is 10.6 Å². The lowest BCUT2D eigenvalue weighted by atomic mass is 10.0. The number of aromatic amines is 1. The number of rotatable bonds is 5. The van der Waals surface area contributed by atoms with Crippen molar-refractivity contribution in [2.45, 2.75) is 38.8 Å². The van der Waals surface area contributed by atoms with E-state index in [1.807, 2.05) is 6.92 Å². The zero-order chi connectivity index (χ0) is 17.1. The first-order valence-electron chi connectivity index (χ1n) is 8.12. The molecule has 3 rings (SSSR count). The third-order valence-electron chi connectivity index (χ3n) is 4.24. The van der Waals surface area contributed by atoms with Crippen LogP contribution in [0.3, 0.4) is 0 Å². The number of benzene rings is 1. The third-order valence-corrected chi connectivity index (χ3v) is 4.24. The van der Waals surface area contributed by atoms with Crippen LogP contribution in [0, 0.1) is 11.6 Å². The standard InChI is InChI=1S/C17H20F2N4O/c1-2-3-14(11-5-4-10(18)8-13(11)19)21-17(24)16-12-9-20-7-6-15(12)22-23-16/h4-5,8,14,20H,2-3,6-7,9H2,1H3,(H,21,24)(H,22,23). The van der Waals surface area contributed by atoms with Crippen molar-refractivity contribution in [2.75, 3.05) is 6.54 Å². The van der Waals surface area contributed by atoms with E-state index in [2.05, 4.69) is 20.8 Å². The number of nitrogens with one attached hydrogen (secondary N) is 3. The van der Waals surface area contributed by atoms with Crippen LogP contribution in [0.4, 0.5) is 8.78 Å². The van der Waals surface area contributed by atoms with Crippen LogP contribution in [0.5, 0.6) is 0 Å². The molecule has 5 nitrogen and oxygen atoms in total. The first-order chi connectivity index (χ1) is 11.6. The van der Waals surface area contributed by atoms with Gasteiger partial charge in [0.15, 0.2) is 5.69 Å². The molecule has 0 fully saturated rings. The van der Waals surface area contributed by atoms with E-state index in [-0.39, 0.29) is 11.5 Å². The highest BCUT2D eigenvalue weighted by Gasteiger charge is 2.25. The molecule has 0 bridgehead atoms. The second-order valence-corrected chi connectivity index (χ2v) is 5.94. The van der Waals surface area contributed by atoms with Gasteiger partial charge in [0.05, 0.1) is 6.04 Å². The van der Waals surface area contributed by atoms with Crippen LogP contribution in [-0.2, 0) is 13.0 Å². The van der Waals surface area contributed by atoms with Gasteiger partial charge >= 0.3 is 0 Å². The second-order valence-electron chi connectivity index (χ2n) is 5.94. The largest absolute Gasteiger partial charge is 0.344 e. The number of fused-ring (bicyclic) bond motifs is 1. The fraction of sp³-hybridized carbons (Fsp3) is 0.412. The number of carbonyl (C=O) groups is 1. The van der Waals surface area contributed by atoms with Crippen molar-refractivity contribution in [3.63, 3.8) is 0 Å². The summed E-state index contributed by atoms with van der Waals surface area (Å²) in [4.78, 5) is 12.6. The molecule has 3 N–H and O–H groups in total. The van der Waals surface area contributed by atoms with E-state index in [1.165, 1.54) is 12.1 Å². The Balaban J connectivity index is 1.83. The molecule has 24 heavy (non-hydrogen) atoms. The summed E-state index contributed by atoms with van der Waals surface area (Å²) in [6, 6.07) is 2.90. The van der Waals surface area contributed by atoms with Crippen molar-refractivity contribution in [3.05, 3.63) is 52.3 Å². The zero-order valence-corrected chi connectivity index (χ0v) is 13.5.